The van der Waals surface area contributed by atoms with Crippen LogP contribution in [-0.4, -0.2) is 31.1 Å². The molecule has 0 saturated heterocycles. The maximum absolute atomic E-state index is 6.07. The first-order chi connectivity index (χ1) is 6.16. The highest BCUT2D eigenvalue weighted by Gasteiger charge is 2.34. The van der Waals surface area contributed by atoms with Crippen molar-refractivity contribution >= 4 is 0 Å². The van der Waals surface area contributed by atoms with Crippen molar-refractivity contribution in [2.24, 2.45) is 23.5 Å². The molecular formula is C11H22N2. The van der Waals surface area contributed by atoms with Gasteiger partial charge in [-0.05, 0) is 44.1 Å². The Kier molecular flexibility index (Phi) is 2.61. The molecule has 0 spiro atoms. The highest BCUT2D eigenvalue weighted by molar-refractivity contribution is 4.88. The number of likely N-dealkylation sites (N-methyl/N-ethyl adjacent to an activating group) is 1. The molecule has 2 saturated carbocycles. The molecule has 2 fully saturated rings. The van der Waals surface area contributed by atoms with E-state index in [1.807, 2.05) is 0 Å². The average Bonchev–Trinajstić information content (AvgIpc) is 2.87. The summed E-state index contributed by atoms with van der Waals surface area (Å²) in [5.41, 5.74) is 6.07. The Bertz CT molecular complexity index is 177. The molecule has 76 valence electrons. The van der Waals surface area contributed by atoms with E-state index in [9.17, 15) is 0 Å². The number of nitrogens with zero attached hydrogens (tertiary/aromatic N) is 1. The molecule has 2 aliphatic carbocycles. The van der Waals surface area contributed by atoms with Gasteiger partial charge in [0.15, 0.2) is 0 Å². The first kappa shape index (κ1) is 9.47. The molecule has 0 bridgehead atoms. The quantitative estimate of drug-likeness (QED) is 0.694. The lowest BCUT2D eigenvalue weighted by Gasteiger charge is -2.20. The van der Waals surface area contributed by atoms with E-state index in [-0.39, 0.29) is 0 Å². The van der Waals surface area contributed by atoms with Gasteiger partial charge in [0.1, 0.15) is 0 Å². The van der Waals surface area contributed by atoms with Gasteiger partial charge in [0.2, 0.25) is 0 Å². The molecule has 2 N–H and O–H groups in total. The van der Waals surface area contributed by atoms with Gasteiger partial charge in [0.25, 0.3) is 0 Å². The third-order valence-electron chi connectivity index (χ3n) is 3.57. The molecule has 0 heterocycles. The van der Waals surface area contributed by atoms with Crippen LogP contribution in [0.25, 0.3) is 0 Å². The molecule has 2 nitrogen and oxygen atoms in total. The summed E-state index contributed by atoms with van der Waals surface area (Å²) in [4.78, 5) is 2.43. The van der Waals surface area contributed by atoms with E-state index < -0.39 is 0 Å². The van der Waals surface area contributed by atoms with E-state index in [0.717, 1.165) is 24.3 Å². The molecule has 0 radical (unpaired) electrons. The van der Waals surface area contributed by atoms with Crippen molar-refractivity contribution in [2.45, 2.75) is 32.2 Å². The summed E-state index contributed by atoms with van der Waals surface area (Å²) in [6, 6.07) is 0.444. The van der Waals surface area contributed by atoms with Gasteiger partial charge in [0.05, 0.1) is 0 Å². The van der Waals surface area contributed by atoms with Crippen molar-refractivity contribution in [3.05, 3.63) is 0 Å². The molecular weight excluding hydrogens is 160 g/mol. The topological polar surface area (TPSA) is 29.3 Å². The van der Waals surface area contributed by atoms with Crippen LogP contribution in [-0.2, 0) is 0 Å². The molecule has 2 heteroatoms. The van der Waals surface area contributed by atoms with Crippen molar-refractivity contribution in [1.82, 2.24) is 4.90 Å². The number of hydrogen-bond donors (Lipinski definition) is 1. The fraction of sp³-hybridized carbons (Fsp3) is 1.00. The summed E-state index contributed by atoms with van der Waals surface area (Å²) >= 11 is 0. The predicted molar refractivity (Wildman–Crippen MR) is 55.5 cm³/mol. The zero-order valence-corrected chi connectivity index (χ0v) is 8.87. The summed E-state index contributed by atoms with van der Waals surface area (Å²) in [5.74, 6) is 2.79. The zero-order chi connectivity index (χ0) is 9.42. The summed E-state index contributed by atoms with van der Waals surface area (Å²) in [6.07, 6.45) is 4.17. The molecule has 13 heavy (non-hydrogen) atoms. The van der Waals surface area contributed by atoms with Crippen molar-refractivity contribution in [3.8, 4) is 0 Å². The minimum Gasteiger partial charge on any atom is -0.326 e. The van der Waals surface area contributed by atoms with Gasteiger partial charge in [-0.25, -0.2) is 0 Å². The Labute approximate surface area is 81.5 Å². The van der Waals surface area contributed by atoms with Crippen LogP contribution >= 0.6 is 0 Å². The van der Waals surface area contributed by atoms with Gasteiger partial charge in [0, 0.05) is 19.1 Å². The van der Waals surface area contributed by atoms with Crippen LogP contribution in [0, 0.1) is 17.8 Å². The minimum absolute atomic E-state index is 0.444. The van der Waals surface area contributed by atoms with Crippen LogP contribution in [0.15, 0.2) is 0 Å². The van der Waals surface area contributed by atoms with E-state index in [1.54, 1.807) is 0 Å². The first-order valence-electron chi connectivity index (χ1n) is 5.61. The second-order valence-electron chi connectivity index (χ2n) is 5.20. The lowest BCUT2D eigenvalue weighted by atomic mass is 10.2. The van der Waals surface area contributed by atoms with Gasteiger partial charge >= 0.3 is 0 Å². The molecule has 3 atom stereocenters. The van der Waals surface area contributed by atoms with E-state index in [1.165, 1.54) is 25.8 Å². The van der Waals surface area contributed by atoms with E-state index >= 15 is 0 Å². The SMILES string of the molecule is CC1CC1CN(C)CC(N)C1CC1. The number of rotatable bonds is 5. The minimum atomic E-state index is 0.444. The molecule has 0 aromatic heterocycles. The highest BCUT2D eigenvalue weighted by Crippen LogP contribution is 2.38. The second kappa shape index (κ2) is 3.58. The molecule has 2 aliphatic rings. The lowest BCUT2D eigenvalue weighted by molar-refractivity contribution is 0.284. The fourth-order valence-electron chi connectivity index (χ4n) is 2.16. The summed E-state index contributed by atoms with van der Waals surface area (Å²) in [5, 5.41) is 0. The summed E-state index contributed by atoms with van der Waals surface area (Å²) < 4.78 is 0. The largest absolute Gasteiger partial charge is 0.326 e. The molecule has 0 aromatic rings. The van der Waals surface area contributed by atoms with Gasteiger partial charge in [-0.3, -0.25) is 0 Å². The van der Waals surface area contributed by atoms with E-state index in [4.69, 9.17) is 5.73 Å². The Morgan fingerprint density at radius 2 is 2.08 bits per heavy atom. The Hall–Kier alpha value is -0.0800. The molecule has 2 rings (SSSR count). The van der Waals surface area contributed by atoms with Crippen LogP contribution in [0.2, 0.25) is 0 Å². The fourth-order valence-corrected chi connectivity index (χ4v) is 2.16. The van der Waals surface area contributed by atoms with Gasteiger partial charge in [-0.1, -0.05) is 6.92 Å². The van der Waals surface area contributed by atoms with E-state index in [2.05, 4.69) is 18.9 Å². The Morgan fingerprint density at radius 1 is 1.46 bits per heavy atom. The maximum atomic E-state index is 6.07. The van der Waals surface area contributed by atoms with Crippen molar-refractivity contribution in [3.63, 3.8) is 0 Å². The van der Waals surface area contributed by atoms with Gasteiger partial charge in [-0.2, -0.15) is 0 Å². The monoisotopic (exact) mass is 182 g/mol. The van der Waals surface area contributed by atoms with Crippen LogP contribution in [0.3, 0.4) is 0 Å². The molecule has 3 unspecified atom stereocenters. The van der Waals surface area contributed by atoms with Crippen LogP contribution < -0.4 is 5.73 Å². The molecule has 0 aromatic carbocycles. The van der Waals surface area contributed by atoms with Gasteiger partial charge < -0.3 is 10.6 Å². The van der Waals surface area contributed by atoms with Crippen LogP contribution in [0.4, 0.5) is 0 Å². The predicted octanol–water partition coefficient (Wildman–Crippen LogP) is 1.31. The third kappa shape index (κ3) is 2.68. The van der Waals surface area contributed by atoms with Crippen molar-refractivity contribution < 1.29 is 0 Å². The first-order valence-corrected chi connectivity index (χ1v) is 5.61. The molecule has 0 amide bonds. The van der Waals surface area contributed by atoms with Gasteiger partial charge in [-0.15, -0.1) is 0 Å². The second-order valence-corrected chi connectivity index (χ2v) is 5.20. The standard InChI is InChI=1S/C11H22N2/c1-8-5-10(8)6-13(2)7-11(12)9-3-4-9/h8-11H,3-7,12H2,1-2H3. The van der Waals surface area contributed by atoms with Crippen molar-refractivity contribution in [1.29, 1.82) is 0 Å². The zero-order valence-electron chi connectivity index (χ0n) is 8.87. The smallest absolute Gasteiger partial charge is 0.0196 e. The maximum Gasteiger partial charge on any atom is 0.0196 e. The van der Waals surface area contributed by atoms with Crippen LogP contribution in [0.5, 0.6) is 0 Å². The van der Waals surface area contributed by atoms with Crippen molar-refractivity contribution in [2.75, 3.05) is 20.1 Å². The summed E-state index contributed by atoms with van der Waals surface area (Å²) in [6.45, 7) is 4.72. The summed E-state index contributed by atoms with van der Waals surface area (Å²) in [7, 11) is 2.22. The van der Waals surface area contributed by atoms with Crippen LogP contribution in [0.1, 0.15) is 26.2 Å². The Balaban J connectivity index is 1.62. The Morgan fingerprint density at radius 3 is 2.54 bits per heavy atom. The number of hydrogen-bond acceptors (Lipinski definition) is 2. The molecule has 0 aliphatic heterocycles. The normalized spacial score (nSPS) is 35.1. The number of nitrogens with two attached hydrogens (primary N) is 1. The third-order valence-corrected chi connectivity index (χ3v) is 3.57. The highest BCUT2D eigenvalue weighted by atomic mass is 15.1. The van der Waals surface area contributed by atoms with E-state index in [0.29, 0.717) is 6.04 Å². The lowest BCUT2D eigenvalue weighted by Crippen LogP contribution is -2.37. The average molecular weight is 182 g/mol.